The topological polar surface area (TPSA) is 199 Å². The van der Waals surface area contributed by atoms with Crippen molar-refractivity contribution in [3.8, 4) is 17.3 Å². The number of unbranched alkanes of at least 4 members (excludes halogenated alkanes) is 3. The Morgan fingerprint density at radius 1 is 1.02 bits per heavy atom. The van der Waals surface area contributed by atoms with Crippen LogP contribution in [0.4, 0.5) is 18.9 Å². The van der Waals surface area contributed by atoms with E-state index in [9.17, 15) is 36.0 Å². The number of alkyl halides is 3. The van der Waals surface area contributed by atoms with Crippen molar-refractivity contribution in [3.63, 3.8) is 0 Å². The summed E-state index contributed by atoms with van der Waals surface area (Å²) in [6.07, 6.45) is 6.52. The zero-order valence-electron chi connectivity index (χ0n) is 34.0. The highest BCUT2D eigenvalue weighted by molar-refractivity contribution is 7.91. The van der Waals surface area contributed by atoms with E-state index in [1.165, 1.54) is 41.8 Å². The minimum atomic E-state index is -4.56. The molecular weight excluding hydrogens is 842 g/mol. The van der Waals surface area contributed by atoms with Crippen LogP contribution in [0.1, 0.15) is 63.4 Å². The van der Waals surface area contributed by atoms with Crippen molar-refractivity contribution < 1.29 is 45.1 Å². The smallest absolute Gasteiger partial charge is 0.416 e. The Labute approximate surface area is 360 Å². The van der Waals surface area contributed by atoms with Crippen molar-refractivity contribution >= 4 is 55.5 Å². The zero-order chi connectivity index (χ0) is 44.5. The number of sulfonamides is 1. The summed E-state index contributed by atoms with van der Waals surface area (Å²) in [6.45, 7) is 7.43. The molecule has 4 heterocycles. The third-order valence-electron chi connectivity index (χ3n) is 11.6. The lowest BCUT2D eigenvalue weighted by Gasteiger charge is -2.30. The number of hydrogen-bond acceptors (Lipinski definition) is 12. The first-order chi connectivity index (χ1) is 30.2. The van der Waals surface area contributed by atoms with Crippen molar-refractivity contribution in [1.29, 1.82) is 0 Å². The molecule has 1 saturated heterocycles. The van der Waals surface area contributed by atoms with Gasteiger partial charge in [0.2, 0.25) is 27.4 Å². The number of para-hydroxylation sites is 1. The molecule has 5 atom stereocenters. The second-order valence-electron chi connectivity index (χ2n) is 16.1. The fraction of sp³-hybridized carbons (Fsp3) is 0.386. The first-order valence-corrected chi connectivity index (χ1v) is 22.2. The molecule has 0 spiro atoms. The number of nitrogens with one attached hydrogen (secondary N) is 3. The predicted molar refractivity (Wildman–Crippen MR) is 226 cm³/mol. The fourth-order valence-electron chi connectivity index (χ4n) is 7.98. The summed E-state index contributed by atoms with van der Waals surface area (Å²) < 4.78 is 81.0. The number of carbonyl (C=O) groups excluding carboxylic acids is 3. The quantitative estimate of drug-likeness (QED) is 0.0640. The van der Waals surface area contributed by atoms with Crippen molar-refractivity contribution in [2.45, 2.75) is 92.9 Å². The number of aromatic nitrogens is 4. The molecule has 0 bridgehead atoms. The van der Waals surface area contributed by atoms with Gasteiger partial charge < -0.3 is 24.7 Å². The van der Waals surface area contributed by atoms with Gasteiger partial charge in [-0.2, -0.15) is 18.2 Å². The molecule has 3 amide bonds. The van der Waals surface area contributed by atoms with E-state index in [0.29, 0.717) is 47.9 Å². The molecule has 15 nitrogen and oxygen atoms in total. The van der Waals surface area contributed by atoms with Crippen LogP contribution in [0.15, 0.2) is 97.0 Å². The van der Waals surface area contributed by atoms with Crippen molar-refractivity contribution in [3.05, 3.63) is 98.1 Å². The number of hydrogen-bond donors (Lipinski definition) is 3. The van der Waals surface area contributed by atoms with Gasteiger partial charge in [-0.1, -0.05) is 49.3 Å². The van der Waals surface area contributed by atoms with Crippen LogP contribution in [0.25, 0.3) is 33.5 Å². The average molecular weight is 887 g/mol. The molecule has 8 rings (SSSR count). The molecule has 0 unspecified atom stereocenters. The molecule has 63 heavy (non-hydrogen) atoms. The Kier molecular flexibility index (Phi) is 12.0. The van der Waals surface area contributed by atoms with E-state index in [4.69, 9.17) is 9.15 Å². The highest BCUT2D eigenvalue weighted by Gasteiger charge is 2.62. The van der Waals surface area contributed by atoms with E-state index in [1.807, 2.05) is 6.08 Å². The summed E-state index contributed by atoms with van der Waals surface area (Å²) in [6, 6.07) is 9.30. The highest BCUT2D eigenvalue weighted by atomic mass is 32.2. The molecule has 3 aliphatic rings. The maximum absolute atomic E-state index is 14.8. The molecule has 19 heteroatoms. The standard InChI is InChI=1S/C44H45F3N8O7S/c1-3-5-6-7-8-12-33(50-29-22-48-25-49-23-29)41(57)55-24-30(20-34(55)39(56)53-43(21-27(43)4-2)42(58)54-63(59,60)31-18-19-31)61-40-37-36(32-11-9-10-13-35(32)62-37)51-38(52-40)26-14-16-28(17-15-26)44(45,46)47/h3-4,9-11,13-17,22-23,25,27,30-31,33-34,50H,1-2,5-8,12,18-21,24H2,(H,53,56)(H,54,58)/t27-,30-,33+,34+,43-/m1/s1. The summed E-state index contributed by atoms with van der Waals surface area (Å²) in [5, 5.41) is 5.93. The molecule has 0 radical (unpaired) electrons. The van der Waals surface area contributed by atoms with Crippen LogP contribution in [0.3, 0.4) is 0 Å². The monoisotopic (exact) mass is 886 g/mol. The van der Waals surface area contributed by atoms with E-state index in [2.05, 4.69) is 48.4 Å². The number of anilines is 1. The summed E-state index contributed by atoms with van der Waals surface area (Å²) in [5.74, 6) is -2.67. The number of amides is 3. The Bertz CT molecular complexity index is 2660. The number of benzene rings is 2. The van der Waals surface area contributed by atoms with Crippen molar-refractivity contribution in [2.24, 2.45) is 5.92 Å². The van der Waals surface area contributed by atoms with Gasteiger partial charge in [0, 0.05) is 23.3 Å². The van der Waals surface area contributed by atoms with Gasteiger partial charge in [-0.25, -0.2) is 23.4 Å². The first-order valence-electron chi connectivity index (χ1n) is 20.7. The molecule has 5 aromatic rings. The first kappa shape index (κ1) is 43.3. The molecule has 2 aromatic carbocycles. The van der Waals surface area contributed by atoms with Crippen LogP contribution in [-0.2, 0) is 30.6 Å². The number of nitrogens with zero attached hydrogens (tertiary/aromatic N) is 5. The van der Waals surface area contributed by atoms with Gasteiger partial charge in [0.25, 0.3) is 11.8 Å². The molecule has 3 fully saturated rings. The Hall–Kier alpha value is -6.37. The number of rotatable bonds is 18. The largest absolute Gasteiger partial charge is 0.470 e. The minimum absolute atomic E-state index is 0.0436. The van der Waals surface area contributed by atoms with E-state index < -0.39 is 74.4 Å². The molecule has 3 N–H and O–H groups in total. The van der Waals surface area contributed by atoms with E-state index in [0.717, 1.165) is 31.4 Å². The third-order valence-corrected chi connectivity index (χ3v) is 13.5. The lowest BCUT2D eigenvalue weighted by molar-refractivity contribution is -0.140. The van der Waals surface area contributed by atoms with Gasteiger partial charge in [0.1, 0.15) is 41.2 Å². The Morgan fingerprint density at radius 2 is 1.76 bits per heavy atom. The van der Waals surface area contributed by atoms with Crippen LogP contribution in [0.2, 0.25) is 0 Å². The normalized spacial score (nSPS) is 21.4. The van der Waals surface area contributed by atoms with Crippen LogP contribution < -0.4 is 20.1 Å². The number of likely N-dealkylation sites (tertiary alicyclic amines) is 1. The summed E-state index contributed by atoms with van der Waals surface area (Å²) in [5.41, 5.74) is -0.829. The number of halogens is 3. The molecule has 1 aliphatic heterocycles. The van der Waals surface area contributed by atoms with E-state index >= 15 is 0 Å². The Morgan fingerprint density at radius 3 is 2.44 bits per heavy atom. The molecular formula is C44H45F3N8O7S. The maximum Gasteiger partial charge on any atom is 0.416 e. The Balaban J connectivity index is 1.13. The zero-order valence-corrected chi connectivity index (χ0v) is 34.8. The number of fused-ring (bicyclic) bond motifs is 3. The minimum Gasteiger partial charge on any atom is -0.470 e. The van der Waals surface area contributed by atoms with Gasteiger partial charge in [-0.05, 0) is 62.8 Å². The third kappa shape index (κ3) is 9.23. The summed E-state index contributed by atoms with van der Waals surface area (Å²) in [4.78, 5) is 61.9. The van der Waals surface area contributed by atoms with Crippen LogP contribution >= 0.6 is 0 Å². The number of carbonyl (C=O) groups is 3. The van der Waals surface area contributed by atoms with E-state index in [-0.39, 0.29) is 42.2 Å². The number of furan rings is 1. The van der Waals surface area contributed by atoms with Crippen molar-refractivity contribution in [2.75, 3.05) is 11.9 Å². The molecule has 2 aliphatic carbocycles. The molecule has 2 saturated carbocycles. The lowest BCUT2D eigenvalue weighted by atomic mass is 10.0. The van der Waals surface area contributed by atoms with Gasteiger partial charge in [-0.3, -0.25) is 19.1 Å². The fourth-order valence-corrected chi connectivity index (χ4v) is 9.35. The predicted octanol–water partition coefficient (Wildman–Crippen LogP) is 6.49. The second kappa shape index (κ2) is 17.4. The van der Waals surface area contributed by atoms with Gasteiger partial charge in [0.05, 0.1) is 35.4 Å². The van der Waals surface area contributed by atoms with Crippen LogP contribution in [0.5, 0.6) is 5.88 Å². The molecule has 3 aromatic heterocycles. The second-order valence-corrected chi connectivity index (χ2v) is 18.1. The van der Waals surface area contributed by atoms with Gasteiger partial charge in [-0.15, -0.1) is 13.2 Å². The average Bonchev–Trinajstić information content (AvgIpc) is 4.18. The number of allylic oxidation sites excluding steroid dienone is 1. The highest BCUT2D eigenvalue weighted by Crippen LogP contribution is 2.46. The summed E-state index contributed by atoms with van der Waals surface area (Å²) >= 11 is 0. The molecule has 330 valence electrons. The number of ether oxygens (including phenoxy) is 1. The van der Waals surface area contributed by atoms with Crippen LogP contribution in [0, 0.1) is 5.92 Å². The SMILES string of the molecule is C=CCCCCC[C@H](Nc1cncnc1)C(=O)N1C[C@H](Oc2nc(-c3ccc(C(F)(F)F)cc3)nc3c2oc2ccccc23)C[C@H]1C(=O)N[C@]1(C(=O)NS(=O)(=O)C2CC2)C[C@H]1C=C. The summed E-state index contributed by atoms with van der Waals surface area (Å²) in [7, 11) is -3.96. The van der Waals surface area contributed by atoms with Crippen LogP contribution in [-0.4, -0.2) is 86.5 Å². The van der Waals surface area contributed by atoms with E-state index in [1.54, 1.807) is 24.3 Å². The maximum atomic E-state index is 14.8. The van der Waals surface area contributed by atoms with Crippen molar-refractivity contribution in [1.82, 2.24) is 34.9 Å². The van der Waals surface area contributed by atoms with Gasteiger partial charge >= 0.3 is 6.18 Å². The lowest BCUT2D eigenvalue weighted by Crippen LogP contribution is -2.57. The van der Waals surface area contributed by atoms with Gasteiger partial charge in [0.15, 0.2) is 5.82 Å².